The van der Waals surface area contributed by atoms with Gasteiger partial charge in [-0.25, -0.2) is 0 Å². The lowest BCUT2D eigenvalue weighted by Gasteiger charge is -2.06. The van der Waals surface area contributed by atoms with Gasteiger partial charge >= 0.3 is 0 Å². The van der Waals surface area contributed by atoms with E-state index in [9.17, 15) is 0 Å². The Hall–Kier alpha value is -0.600. The molecule has 0 saturated heterocycles. The molecule has 0 aliphatic rings. The number of hydrogen-bond acceptors (Lipinski definition) is 2. The Morgan fingerprint density at radius 3 is 2.77 bits per heavy atom. The summed E-state index contributed by atoms with van der Waals surface area (Å²) < 4.78 is 5.36. The molecule has 0 fully saturated rings. The Kier molecular flexibility index (Phi) is 7.65. The van der Waals surface area contributed by atoms with Crippen molar-refractivity contribution in [2.75, 3.05) is 13.2 Å². The molecule has 0 heterocycles. The van der Waals surface area contributed by atoms with Crippen molar-refractivity contribution in [3.63, 3.8) is 0 Å². The van der Waals surface area contributed by atoms with Crippen LogP contribution in [0.4, 0.5) is 0 Å². The van der Waals surface area contributed by atoms with E-state index in [1.165, 1.54) is 5.57 Å². The highest BCUT2D eigenvalue weighted by Gasteiger charge is 1.93. The molecule has 0 rings (SSSR count). The second-order valence-corrected chi connectivity index (χ2v) is 3.34. The number of rotatable bonds is 6. The van der Waals surface area contributed by atoms with Gasteiger partial charge in [-0.15, -0.1) is 0 Å². The normalized spacial score (nSPS) is 15.2. The van der Waals surface area contributed by atoms with E-state index in [0.717, 1.165) is 6.42 Å². The van der Waals surface area contributed by atoms with Crippen molar-refractivity contribution >= 4 is 0 Å². The fraction of sp³-hybridized carbons (Fsp3) is 0.636. The zero-order chi connectivity index (χ0) is 10.1. The van der Waals surface area contributed by atoms with Crippen LogP contribution in [0.25, 0.3) is 0 Å². The van der Waals surface area contributed by atoms with Gasteiger partial charge in [0.05, 0.1) is 13.2 Å². The summed E-state index contributed by atoms with van der Waals surface area (Å²) in [6.45, 7) is 7.42. The largest absolute Gasteiger partial charge is 0.376 e. The van der Waals surface area contributed by atoms with Gasteiger partial charge in [0.1, 0.15) is 0 Å². The second kappa shape index (κ2) is 8.02. The fourth-order valence-corrected chi connectivity index (χ4v) is 0.822. The van der Waals surface area contributed by atoms with Crippen LogP contribution in [0.2, 0.25) is 0 Å². The lowest BCUT2D eigenvalue weighted by Crippen LogP contribution is -2.22. The highest BCUT2D eigenvalue weighted by molar-refractivity contribution is 5.10. The molecule has 0 aromatic carbocycles. The summed E-state index contributed by atoms with van der Waals surface area (Å²) in [5, 5.41) is 0. The minimum Gasteiger partial charge on any atom is -0.376 e. The van der Waals surface area contributed by atoms with Gasteiger partial charge in [0.2, 0.25) is 0 Å². The number of ether oxygens (including phenoxy) is 1. The summed E-state index contributed by atoms with van der Waals surface area (Å²) >= 11 is 0. The zero-order valence-corrected chi connectivity index (χ0v) is 8.92. The van der Waals surface area contributed by atoms with Crippen LogP contribution in [-0.2, 0) is 4.74 Å². The number of nitrogens with two attached hydrogens (primary N) is 1. The quantitative estimate of drug-likeness (QED) is 0.641. The van der Waals surface area contributed by atoms with Crippen LogP contribution in [0.5, 0.6) is 0 Å². The third kappa shape index (κ3) is 9.31. The lowest BCUT2D eigenvalue weighted by molar-refractivity contribution is 0.145. The summed E-state index contributed by atoms with van der Waals surface area (Å²) in [6, 6.07) is 0.124. The lowest BCUT2D eigenvalue weighted by atomic mass is 10.3. The van der Waals surface area contributed by atoms with Crippen LogP contribution in [-0.4, -0.2) is 19.3 Å². The smallest absolute Gasteiger partial charge is 0.0677 e. The Labute approximate surface area is 81.5 Å². The molecule has 1 atom stereocenters. The van der Waals surface area contributed by atoms with Crippen LogP contribution in [0.15, 0.2) is 23.8 Å². The molecule has 0 amide bonds. The average molecular weight is 183 g/mol. The first-order chi connectivity index (χ1) is 6.16. The first-order valence-corrected chi connectivity index (χ1v) is 4.82. The number of allylic oxidation sites excluding steroid dienone is 3. The van der Waals surface area contributed by atoms with Gasteiger partial charge in [0.25, 0.3) is 0 Å². The van der Waals surface area contributed by atoms with Crippen molar-refractivity contribution < 1.29 is 4.74 Å². The van der Waals surface area contributed by atoms with Crippen LogP contribution in [0.1, 0.15) is 27.2 Å². The summed E-state index contributed by atoms with van der Waals surface area (Å²) in [7, 11) is 0. The van der Waals surface area contributed by atoms with Gasteiger partial charge in [0.15, 0.2) is 0 Å². The van der Waals surface area contributed by atoms with Crippen LogP contribution < -0.4 is 5.73 Å². The first kappa shape index (κ1) is 12.4. The monoisotopic (exact) mass is 183 g/mol. The van der Waals surface area contributed by atoms with Crippen molar-refractivity contribution in [1.29, 1.82) is 0 Å². The molecule has 2 N–H and O–H groups in total. The fourth-order valence-electron chi connectivity index (χ4n) is 0.822. The Bertz CT molecular complexity index is 171. The van der Waals surface area contributed by atoms with Crippen molar-refractivity contribution in [3.05, 3.63) is 23.8 Å². The van der Waals surface area contributed by atoms with E-state index in [1.807, 2.05) is 6.92 Å². The van der Waals surface area contributed by atoms with Crippen molar-refractivity contribution in [2.45, 2.75) is 33.2 Å². The van der Waals surface area contributed by atoms with E-state index >= 15 is 0 Å². The molecular weight excluding hydrogens is 162 g/mol. The van der Waals surface area contributed by atoms with E-state index in [0.29, 0.717) is 13.2 Å². The molecule has 1 unspecified atom stereocenters. The van der Waals surface area contributed by atoms with Gasteiger partial charge < -0.3 is 10.5 Å². The molecule has 0 saturated carbocycles. The summed E-state index contributed by atoms with van der Waals surface area (Å²) in [6.07, 6.45) is 7.33. The minimum atomic E-state index is 0.124. The molecule has 0 aromatic rings. The highest BCUT2D eigenvalue weighted by atomic mass is 16.5. The van der Waals surface area contributed by atoms with Crippen LogP contribution >= 0.6 is 0 Å². The van der Waals surface area contributed by atoms with E-state index in [4.69, 9.17) is 10.5 Å². The predicted molar refractivity (Wildman–Crippen MR) is 57.7 cm³/mol. The standard InChI is InChI=1S/C11H21NO/c1-4-5-6-7-10(2)8-13-9-11(3)12/h5-7,11H,4,8-9,12H2,1-3H3/b6-5-,10-7-. The summed E-state index contributed by atoms with van der Waals surface area (Å²) in [5.41, 5.74) is 6.77. The number of hydrogen-bond donors (Lipinski definition) is 1. The maximum absolute atomic E-state index is 5.54. The molecule has 0 spiro atoms. The zero-order valence-electron chi connectivity index (χ0n) is 8.92. The predicted octanol–water partition coefficient (Wildman–Crippen LogP) is 2.26. The molecule has 76 valence electrons. The molecule has 0 radical (unpaired) electrons. The minimum absolute atomic E-state index is 0.124. The topological polar surface area (TPSA) is 35.2 Å². The van der Waals surface area contributed by atoms with Gasteiger partial charge in [-0.05, 0) is 25.8 Å². The Morgan fingerprint density at radius 1 is 1.54 bits per heavy atom. The van der Waals surface area contributed by atoms with E-state index in [1.54, 1.807) is 0 Å². The van der Waals surface area contributed by atoms with Crippen LogP contribution in [0.3, 0.4) is 0 Å². The molecule has 0 aliphatic heterocycles. The maximum atomic E-state index is 5.54. The van der Waals surface area contributed by atoms with E-state index < -0.39 is 0 Å². The summed E-state index contributed by atoms with van der Waals surface area (Å²) in [4.78, 5) is 0. The average Bonchev–Trinajstić information content (AvgIpc) is 2.04. The third-order valence-electron chi connectivity index (χ3n) is 1.46. The molecule has 13 heavy (non-hydrogen) atoms. The Morgan fingerprint density at radius 2 is 2.23 bits per heavy atom. The van der Waals surface area contributed by atoms with Crippen molar-refractivity contribution in [2.24, 2.45) is 5.73 Å². The maximum Gasteiger partial charge on any atom is 0.0677 e. The van der Waals surface area contributed by atoms with Gasteiger partial charge in [-0.3, -0.25) is 0 Å². The van der Waals surface area contributed by atoms with E-state index in [2.05, 4.69) is 32.1 Å². The molecule has 0 aliphatic carbocycles. The molecule has 0 aromatic heterocycles. The van der Waals surface area contributed by atoms with Gasteiger partial charge in [0, 0.05) is 6.04 Å². The van der Waals surface area contributed by atoms with Crippen molar-refractivity contribution in [1.82, 2.24) is 0 Å². The highest BCUT2D eigenvalue weighted by Crippen LogP contribution is 1.95. The van der Waals surface area contributed by atoms with Gasteiger partial charge in [-0.1, -0.05) is 25.2 Å². The molecule has 0 bridgehead atoms. The van der Waals surface area contributed by atoms with Gasteiger partial charge in [-0.2, -0.15) is 0 Å². The first-order valence-electron chi connectivity index (χ1n) is 4.82. The second-order valence-electron chi connectivity index (χ2n) is 3.34. The summed E-state index contributed by atoms with van der Waals surface area (Å²) in [5.74, 6) is 0. The molecular formula is C11H21NO. The SMILES string of the molecule is CC/C=C\C=C(\C)COCC(C)N. The Balaban J connectivity index is 3.55. The van der Waals surface area contributed by atoms with Crippen LogP contribution in [0, 0.1) is 0 Å². The van der Waals surface area contributed by atoms with E-state index in [-0.39, 0.29) is 6.04 Å². The van der Waals surface area contributed by atoms with Crippen molar-refractivity contribution in [3.8, 4) is 0 Å². The third-order valence-corrected chi connectivity index (χ3v) is 1.46. The molecule has 2 nitrogen and oxygen atoms in total. The molecule has 2 heteroatoms.